The molecule has 0 saturated heterocycles. The van der Waals surface area contributed by atoms with Crippen LogP contribution < -0.4 is 0 Å². The largest absolute Gasteiger partial charge is 0.466 e. The average molecular weight is 1030 g/mol. The quantitative estimate of drug-likeness (QED) is 0.0341. The van der Waals surface area contributed by atoms with E-state index in [0.717, 1.165) is 38.5 Å². The van der Waals surface area contributed by atoms with Crippen molar-refractivity contribution < 1.29 is 28.6 Å². The lowest BCUT2D eigenvalue weighted by Gasteiger charge is -2.56. The van der Waals surface area contributed by atoms with Gasteiger partial charge in [-0.1, -0.05) is 207 Å². The van der Waals surface area contributed by atoms with E-state index >= 15 is 0 Å². The molecule has 4 unspecified atom stereocenters. The molecule has 4 atom stereocenters. The van der Waals surface area contributed by atoms with E-state index in [9.17, 15) is 14.4 Å². The normalized spacial score (nSPS) is 21.4. The third-order valence-corrected chi connectivity index (χ3v) is 18.4. The molecule has 0 aromatic rings. The summed E-state index contributed by atoms with van der Waals surface area (Å²) in [6.07, 6.45) is 58.0. The van der Waals surface area contributed by atoms with Crippen molar-refractivity contribution in [1.82, 2.24) is 4.90 Å². The lowest BCUT2D eigenvalue weighted by molar-refractivity contribution is -0.146. The molecule has 0 N–H and O–H groups in total. The Morgan fingerprint density at radius 3 is 1.01 bits per heavy atom. The van der Waals surface area contributed by atoms with Crippen LogP contribution in [-0.2, 0) is 28.6 Å². The van der Waals surface area contributed by atoms with Gasteiger partial charge in [-0.25, -0.2) is 0 Å². The van der Waals surface area contributed by atoms with Crippen LogP contribution in [0, 0.1) is 34.0 Å². The minimum atomic E-state index is -0.128. The zero-order valence-corrected chi connectivity index (χ0v) is 49.7. The van der Waals surface area contributed by atoms with Crippen LogP contribution in [0.5, 0.6) is 0 Å². The average Bonchev–Trinajstić information content (AvgIpc) is 3.52. The Bertz CT molecular complexity index is 1350. The molecule has 0 aromatic carbocycles. The molecule has 0 heterocycles. The molecular weight excluding hydrogens is 903 g/mol. The van der Waals surface area contributed by atoms with Crippen molar-refractivity contribution in [3.63, 3.8) is 0 Å². The van der Waals surface area contributed by atoms with Gasteiger partial charge in [-0.2, -0.15) is 0 Å². The molecule has 4 bridgehead atoms. The lowest BCUT2D eigenvalue weighted by atomic mass is 9.49. The molecule has 0 aromatic heterocycles. The molecule has 0 aliphatic heterocycles. The fourth-order valence-corrected chi connectivity index (χ4v) is 14.9. The minimum Gasteiger partial charge on any atom is -0.466 e. The third-order valence-electron chi connectivity index (χ3n) is 18.4. The number of rotatable bonds is 50. The van der Waals surface area contributed by atoms with Crippen molar-refractivity contribution in [3.8, 4) is 0 Å². The van der Waals surface area contributed by atoms with Crippen LogP contribution in [0.3, 0.4) is 0 Å². The second-order valence-corrected chi connectivity index (χ2v) is 25.8. The van der Waals surface area contributed by atoms with Gasteiger partial charge in [0, 0.05) is 12.8 Å². The van der Waals surface area contributed by atoms with Gasteiger partial charge < -0.3 is 14.2 Å². The van der Waals surface area contributed by atoms with Crippen LogP contribution in [0.25, 0.3) is 0 Å². The predicted octanol–water partition coefficient (Wildman–Crippen LogP) is 19.4. The summed E-state index contributed by atoms with van der Waals surface area (Å²) in [4.78, 5) is 41.4. The first kappa shape index (κ1) is 65.7. The Morgan fingerprint density at radius 2 is 0.685 bits per heavy atom. The Labute approximate surface area is 453 Å². The predicted molar refractivity (Wildman–Crippen MR) is 309 cm³/mol. The number of hydrogen-bond donors (Lipinski definition) is 0. The van der Waals surface area contributed by atoms with Gasteiger partial charge >= 0.3 is 17.9 Å². The minimum absolute atomic E-state index is 0.0341. The maximum absolute atomic E-state index is 13.6. The molecule has 4 aliphatic carbocycles. The van der Waals surface area contributed by atoms with Crippen molar-refractivity contribution >= 4 is 17.9 Å². The Kier molecular flexibility index (Phi) is 36.5. The number of esters is 3. The van der Waals surface area contributed by atoms with Gasteiger partial charge in [-0.05, 0) is 157 Å². The highest BCUT2D eigenvalue weighted by atomic mass is 16.5. The topological polar surface area (TPSA) is 82.1 Å². The molecule has 7 nitrogen and oxygen atoms in total. The summed E-state index contributed by atoms with van der Waals surface area (Å²) in [5.74, 6) is 1.57. The summed E-state index contributed by atoms with van der Waals surface area (Å²) in [7, 11) is 3.83. The smallest absolute Gasteiger partial charge is 0.320 e. The summed E-state index contributed by atoms with van der Waals surface area (Å²) >= 11 is 0. The molecule has 0 amide bonds. The summed E-state index contributed by atoms with van der Waals surface area (Å²) in [5.41, 5.74) is 0.842. The molecular formula is C66H123NO6. The van der Waals surface area contributed by atoms with Crippen LogP contribution in [0.2, 0.25) is 0 Å². The lowest BCUT2D eigenvalue weighted by Crippen LogP contribution is -2.45. The maximum Gasteiger partial charge on any atom is 0.320 e. The fraction of sp³-hybridized carbons (Fsp3) is 0.955. The van der Waals surface area contributed by atoms with Crippen LogP contribution in [0.15, 0.2) is 0 Å². The van der Waals surface area contributed by atoms with Crippen LogP contribution >= 0.6 is 0 Å². The van der Waals surface area contributed by atoms with E-state index in [2.05, 4.69) is 27.7 Å². The number of hydrogen-bond acceptors (Lipinski definition) is 7. The number of fused-ring (bicyclic) bond motifs is 1. The van der Waals surface area contributed by atoms with Crippen LogP contribution in [-0.4, -0.2) is 63.3 Å². The van der Waals surface area contributed by atoms with Crippen molar-refractivity contribution in [2.75, 3.05) is 40.5 Å². The Morgan fingerprint density at radius 1 is 0.397 bits per heavy atom. The van der Waals surface area contributed by atoms with Gasteiger partial charge in [0.1, 0.15) is 0 Å². The summed E-state index contributed by atoms with van der Waals surface area (Å²) in [6, 6.07) is 0. The summed E-state index contributed by atoms with van der Waals surface area (Å²) < 4.78 is 18.1. The van der Waals surface area contributed by atoms with Gasteiger partial charge in [0.2, 0.25) is 0 Å². The number of ether oxygens (including phenoxy) is 3. The van der Waals surface area contributed by atoms with Gasteiger partial charge in [0.05, 0.1) is 26.4 Å². The van der Waals surface area contributed by atoms with Gasteiger partial charge in [0.25, 0.3) is 0 Å². The number of nitrogens with zero attached hydrogens (tertiary/aromatic N) is 1. The number of unbranched alkanes of at least 4 members (excludes halogenated alkanes) is 24. The third kappa shape index (κ3) is 30.2. The van der Waals surface area contributed by atoms with E-state index < -0.39 is 0 Å². The summed E-state index contributed by atoms with van der Waals surface area (Å²) in [6.45, 7) is 11.1. The summed E-state index contributed by atoms with van der Waals surface area (Å²) in [5, 5.41) is 0. The number of carbonyl (C=O) groups excluding carboxylic acids is 3. The molecule has 7 heteroatoms. The Hall–Kier alpha value is -1.63. The van der Waals surface area contributed by atoms with E-state index in [-0.39, 0.29) is 28.7 Å². The molecule has 4 fully saturated rings. The fourth-order valence-electron chi connectivity index (χ4n) is 14.9. The molecule has 0 spiro atoms. The van der Waals surface area contributed by atoms with Crippen LogP contribution in [0.4, 0.5) is 0 Å². The maximum atomic E-state index is 13.6. The molecule has 4 saturated carbocycles. The van der Waals surface area contributed by atoms with Gasteiger partial charge in [-0.3, -0.25) is 19.3 Å². The first-order valence-corrected chi connectivity index (χ1v) is 32.6. The molecule has 73 heavy (non-hydrogen) atoms. The zero-order valence-electron chi connectivity index (χ0n) is 49.7. The van der Waals surface area contributed by atoms with E-state index in [1.807, 2.05) is 19.0 Å². The second kappa shape index (κ2) is 40.6. The first-order chi connectivity index (χ1) is 35.5. The highest BCUT2D eigenvalue weighted by molar-refractivity contribution is 5.71. The van der Waals surface area contributed by atoms with E-state index in [0.29, 0.717) is 62.4 Å². The first-order valence-electron chi connectivity index (χ1n) is 32.6. The van der Waals surface area contributed by atoms with Crippen molar-refractivity contribution in [1.29, 1.82) is 0 Å². The molecule has 4 rings (SSSR count). The highest BCUT2D eigenvalue weighted by Gasteiger charge is 2.58. The second-order valence-electron chi connectivity index (χ2n) is 25.8. The monoisotopic (exact) mass is 1030 g/mol. The van der Waals surface area contributed by atoms with Gasteiger partial charge in [0.15, 0.2) is 0 Å². The SMILES string of the molecule is CCCCCCCCCC(CCCCCCCCC)CC(=O)OCCCC12CCC3(CCCOC(=O)CN(C)C)CC(C1)CC(CCCOC(=O)CC(CCCCCCCCC)CCCCCCCCC)(C2)C3. The van der Waals surface area contributed by atoms with Crippen molar-refractivity contribution in [2.24, 2.45) is 34.0 Å². The van der Waals surface area contributed by atoms with E-state index in [4.69, 9.17) is 14.2 Å². The molecule has 0 radical (unpaired) electrons. The van der Waals surface area contributed by atoms with E-state index in [1.54, 1.807) is 0 Å². The van der Waals surface area contributed by atoms with Crippen molar-refractivity contribution in [3.05, 3.63) is 0 Å². The zero-order chi connectivity index (χ0) is 52.7. The molecule has 428 valence electrons. The number of likely N-dealkylation sites (N-methyl/N-ethyl adjacent to an activating group) is 1. The standard InChI is InChI=1S/C66H123NO6/c1-7-11-15-19-23-27-31-38-58(39-32-28-24-20-16-12-8-2)50-61(68)71-47-35-42-64-45-46-65(43-36-49-73-63(70)55-67(5)6)53-60(52-64)54-66(56-64,57-65)44-37-48-72-62(69)51-59(40-33-29-25-21-17-13-9-3)41-34-30-26-22-18-14-10-4/h58-60H,7-57H2,1-6H3. The Balaban J connectivity index is 1.58. The van der Waals surface area contributed by atoms with Gasteiger partial charge in [-0.15, -0.1) is 0 Å². The van der Waals surface area contributed by atoms with E-state index in [1.165, 1.54) is 250 Å². The number of carbonyl (C=O) groups is 3. The van der Waals surface area contributed by atoms with Crippen LogP contribution in [0.1, 0.15) is 329 Å². The molecule has 4 aliphatic rings. The highest BCUT2D eigenvalue weighted by Crippen LogP contribution is 2.69. The van der Waals surface area contributed by atoms with Crippen molar-refractivity contribution in [2.45, 2.75) is 329 Å².